The Bertz CT molecular complexity index is 511. The Hall–Kier alpha value is -1.19. The van der Waals surface area contributed by atoms with Crippen molar-refractivity contribution < 1.29 is 0 Å². The summed E-state index contributed by atoms with van der Waals surface area (Å²) in [5, 5.41) is 0.522. The molecule has 0 atom stereocenters. The van der Waals surface area contributed by atoms with E-state index in [9.17, 15) is 0 Å². The molecule has 0 aliphatic carbocycles. The summed E-state index contributed by atoms with van der Waals surface area (Å²) in [7, 11) is 0. The van der Waals surface area contributed by atoms with Crippen molar-refractivity contribution in [1.82, 2.24) is 4.98 Å². The number of para-hydroxylation sites is 1. The van der Waals surface area contributed by atoms with Gasteiger partial charge in [-0.15, -0.1) is 11.8 Å². The van der Waals surface area contributed by atoms with E-state index in [2.05, 4.69) is 4.98 Å². The Morgan fingerprint density at radius 3 is 2.82 bits per heavy atom. The maximum absolute atomic E-state index is 6.01. The predicted molar refractivity (Wildman–Crippen MR) is 74.4 cm³/mol. The van der Waals surface area contributed by atoms with E-state index >= 15 is 0 Å². The number of thioether (sulfide) groups is 1. The van der Waals surface area contributed by atoms with Gasteiger partial charge in [-0.05, 0) is 30.2 Å². The average Bonchev–Trinajstić information content (AvgIpc) is 2.33. The number of nitrogen functional groups attached to an aromatic ring is 1. The Morgan fingerprint density at radius 1 is 1.29 bits per heavy atom. The van der Waals surface area contributed by atoms with Crippen molar-refractivity contribution in [2.24, 2.45) is 0 Å². The summed E-state index contributed by atoms with van der Waals surface area (Å²) in [5.41, 5.74) is 9.13. The standard InChI is InChI=1S/C13H13ClN2S/c1-9-3-2-4-11(13(9)15)17-8-10-5-6-12(14)16-7-10/h2-7H,8,15H2,1H3. The van der Waals surface area contributed by atoms with E-state index in [0.717, 1.165) is 27.5 Å². The molecule has 2 aromatic rings. The minimum absolute atomic E-state index is 0.522. The van der Waals surface area contributed by atoms with Crippen LogP contribution < -0.4 is 5.73 Å². The lowest BCUT2D eigenvalue weighted by molar-refractivity contribution is 1.25. The lowest BCUT2D eigenvalue weighted by Crippen LogP contribution is -1.92. The minimum atomic E-state index is 0.522. The molecule has 17 heavy (non-hydrogen) atoms. The van der Waals surface area contributed by atoms with Crippen LogP contribution in [0.4, 0.5) is 5.69 Å². The SMILES string of the molecule is Cc1cccc(SCc2ccc(Cl)nc2)c1N. The second-order valence-corrected chi connectivity index (χ2v) is 5.17. The smallest absolute Gasteiger partial charge is 0.129 e. The van der Waals surface area contributed by atoms with Crippen molar-refractivity contribution in [3.05, 3.63) is 52.8 Å². The number of nitrogens with zero attached hydrogens (tertiary/aromatic N) is 1. The van der Waals surface area contributed by atoms with Crippen LogP contribution in [0.5, 0.6) is 0 Å². The first kappa shape index (κ1) is 12.3. The van der Waals surface area contributed by atoms with Gasteiger partial charge >= 0.3 is 0 Å². The molecule has 0 saturated heterocycles. The largest absolute Gasteiger partial charge is 0.398 e. The van der Waals surface area contributed by atoms with Crippen molar-refractivity contribution in [1.29, 1.82) is 0 Å². The van der Waals surface area contributed by atoms with Gasteiger partial charge in [0.15, 0.2) is 0 Å². The minimum Gasteiger partial charge on any atom is -0.398 e. The molecule has 0 saturated carbocycles. The van der Waals surface area contributed by atoms with Crippen LogP contribution >= 0.6 is 23.4 Å². The molecule has 0 fully saturated rings. The van der Waals surface area contributed by atoms with Crippen LogP contribution in [0, 0.1) is 6.92 Å². The molecule has 0 radical (unpaired) electrons. The summed E-state index contributed by atoms with van der Waals surface area (Å²) in [6.07, 6.45) is 1.79. The maximum Gasteiger partial charge on any atom is 0.129 e. The first-order valence-corrected chi connectivity index (χ1v) is 6.61. The fraction of sp³-hybridized carbons (Fsp3) is 0.154. The Labute approximate surface area is 110 Å². The van der Waals surface area contributed by atoms with E-state index in [0.29, 0.717) is 5.15 Å². The Kier molecular flexibility index (Phi) is 3.92. The van der Waals surface area contributed by atoms with Gasteiger partial charge in [-0.1, -0.05) is 29.8 Å². The summed E-state index contributed by atoms with van der Waals surface area (Å²) < 4.78 is 0. The van der Waals surface area contributed by atoms with E-state index < -0.39 is 0 Å². The molecule has 2 rings (SSSR count). The molecule has 0 aliphatic rings. The third-order valence-corrected chi connectivity index (χ3v) is 3.84. The highest BCUT2D eigenvalue weighted by Crippen LogP contribution is 2.29. The molecule has 0 spiro atoms. The number of aromatic nitrogens is 1. The van der Waals surface area contributed by atoms with E-state index in [4.69, 9.17) is 17.3 Å². The number of aryl methyl sites for hydroxylation is 1. The van der Waals surface area contributed by atoms with Crippen molar-refractivity contribution in [2.75, 3.05) is 5.73 Å². The van der Waals surface area contributed by atoms with Crippen LogP contribution in [0.1, 0.15) is 11.1 Å². The van der Waals surface area contributed by atoms with Crippen LogP contribution in [0.3, 0.4) is 0 Å². The lowest BCUT2D eigenvalue weighted by Gasteiger charge is -2.07. The van der Waals surface area contributed by atoms with Gasteiger partial charge in [-0.25, -0.2) is 4.98 Å². The van der Waals surface area contributed by atoms with Gasteiger partial charge < -0.3 is 5.73 Å². The van der Waals surface area contributed by atoms with Gasteiger partial charge in [-0.3, -0.25) is 0 Å². The van der Waals surface area contributed by atoms with Crippen molar-refractivity contribution in [2.45, 2.75) is 17.6 Å². The molecule has 0 bridgehead atoms. The highest BCUT2D eigenvalue weighted by Gasteiger charge is 2.03. The molecular formula is C13H13ClN2S. The van der Waals surface area contributed by atoms with Gasteiger partial charge in [0.05, 0.1) is 0 Å². The molecular weight excluding hydrogens is 252 g/mol. The first-order chi connectivity index (χ1) is 8.16. The Morgan fingerprint density at radius 2 is 2.12 bits per heavy atom. The Balaban J connectivity index is 2.07. The molecule has 0 unspecified atom stereocenters. The zero-order valence-electron chi connectivity index (χ0n) is 9.48. The monoisotopic (exact) mass is 264 g/mol. The van der Waals surface area contributed by atoms with Gasteiger partial charge in [0, 0.05) is 22.5 Å². The van der Waals surface area contributed by atoms with E-state index in [-0.39, 0.29) is 0 Å². The summed E-state index contributed by atoms with van der Waals surface area (Å²) in [6, 6.07) is 9.86. The summed E-state index contributed by atoms with van der Waals surface area (Å²) in [6.45, 7) is 2.02. The van der Waals surface area contributed by atoms with Crippen LogP contribution in [-0.4, -0.2) is 4.98 Å². The molecule has 2 nitrogen and oxygen atoms in total. The van der Waals surface area contributed by atoms with Gasteiger partial charge in [0.1, 0.15) is 5.15 Å². The van der Waals surface area contributed by atoms with Crippen molar-refractivity contribution in [3.8, 4) is 0 Å². The maximum atomic E-state index is 6.01. The third-order valence-electron chi connectivity index (χ3n) is 2.47. The van der Waals surface area contributed by atoms with Gasteiger partial charge in [-0.2, -0.15) is 0 Å². The molecule has 2 N–H and O–H groups in total. The number of nitrogens with two attached hydrogens (primary N) is 1. The number of benzene rings is 1. The van der Waals surface area contributed by atoms with E-state index in [1.165, 1.54) is 0 Å². The first-order valence-electron chi connectivity index (χ1n) is 5.25. The summed E-state index contributed by atoms with van der Waals surface area (Å²) in [4.78, 5) is 5.16. The van der Waals surface area contributed by atoms with Crippen LogP contribution in [0.25, 0.3) is 0 Å². The number of hydrogen-bond donors (Lipinski definition) is 1. The summed E-state index contributed by atoms with van der Waals surface area (Å²) in [5.74, 6) is 0.845. The van der Waals surface area contributed by atoms with Crippen molar-refractivity contribution >= 4 is 29.1 Å². The number of pyridine rings is 1. The molecule has 0 amide bonds. The van der Waals surface area contributed by atoms with Crippen LogP contribution in [0.15, 0.2) is 41.4 Å². The molecule has 88 valence electrons. The zero-order chi connectivity index (χ0) is 12.3. The normalized spacial score (nSPS) is 10.5. The summed E-state index contributed by atoms with van der Waals surface area (Å²) >= 11 is 7.45. The highest BCUT2D eigenvalue weighted by atomic mass is 35.5. The molecule has 1 aromatic heterocycles. The van der Waals surface area contributed by atoms with Crippen molar-refractivity contribution in [3.63, 3.8) is 0 Å². The molecule has 1 aromatic carbocycles. The van der Waals surface area contributed by atoms with E-state index in [1.54, 1.807) is 24.0 Å². The highest BCUT2D eigenvalue weighted by molar-refractivity contribution is 7.98. The quantitative estimate of drug-likeness (QED) is 0.519. The zero-order valence-corrected chi connectivity index (χ0v) is 11.1. The number of rotatable bonds is 3. The third kappa shape index (κ3) is 3.14. The molecule has 1 heterocycles. The van der Waals surface area contributed by atoms with Gasteiger partial charge in [0.2, 0.25) is 0 Å². The topological polar surface area (TPSA) is 38.9 Å². The fourth-order valence-corrected chi connectivity index (χ4v) is 2.53. The van der Waals surface area contributed by atoms with Gasteiger partial charge in [0.25, 0.3) is 0 Å². The van der Waals surface area contributed by atoms with Crippen LogP contribution in [-0.2, 0) is 5.75 Å². The second-order valence-electron chi connectivity index (χ2n) is 3.76. The predicted octanol–water partition coefficient (Wildman–Crippen LogP) is 3.92. The van der Waals surface area contributed by atoms with Crippen LogP contribution in [0.2, 0.25) is 5.15 Å². The number of halogens is 1. The number of hydrogen-bond acceptors (Lipinski definition) is 3. The fourth-order valence-electron chi connectivity index (χ4n) is 1.43. The number of anilines is 1. The second kappa shape index (κ2) is 5.43. The molecule has 4 heteroatoms. The van der Waals surface area contributed by atoms with E-state index in [1.807, 2.05) is 31.2 Å². The lowest BCUT2D eigenvalue weighted by atomic mass is 10.2. The molecule has 0 aliphatic heterocycles. The average molecular weight is 265 g/mol.